The van der Waals surface area contributed by atoms with E-state index in [1.807, 2.05) is 0 Å². The number of hydrogen-bond donors (Lipinski definition) is 3. The summed E-state index contributed by atoms with van der Waals surface area (Å²) in [4.78, 5) is 23.5. The van der Waals surface area contributed by atoms with Crippen molar-refractivity contribution in [3.05, 3.63) is 41.6 Å². The van der Waals surface area contributed by atoms with Gasteiger partial charge in [-0.2, -0.15) is 5.26 Å². The first-order chi connectivity index (χ1) is 10.1. The summed E-state index contributed by atoms with van der Waals surface area (Å²) in [6.07, 6.45) is 0. The van der Waals surface area contributed by atoms with Crippen molar-refractivity contribution in [2.75, 3.05) is 17.7 Å². The third kappa shape index (κ3) is 5.55. The molecule has 0 aliphatic carbocycles. The number of urea groups is 1. The number of nitrogens with one attached hydrogen (secondary N) is 3. The standard InChI is InChI=1S/C14H15ClN4O2/c1-10(17-8-7-15)12(9-16)13(20)19-14(21)18-11-5-3-2-4-6-11/h2-6,17H,7-8H2,1H3,(H2,18,19,20,21). The van der Waals surface area contributed by atoms with Crippen molar-refractivity contribution >= 4 is 29.2 Å². The molecule has 110 valence electrons. The summed E-state index contributed by atoms with van der Waals surface area (Å²) in [6, 6.07) is 9.71. The Hall–Kier alpha value is -2.52. The van der Waals surface area contributed by atoms with Crippen LogP contribution in [0, 0.1) is 11.3 Å². The molecule has 0 unspecified atom stereocenters. The lowest BCUT2D eigenvalue weighted by Crippen LogP contribution is -2.36. The Morgan fingerprint density at radius 3 is 2.52 bits per heavy atom. The van der Waals surface area contributed by atoms with Crippen LogP contribution in [0.2, 0.25) is 0 Å². The number of benzene rings is 1. The molecular formula is C14H15ClN4O2. The summed E-state index contributed by atoms with van der Waals surface area (Å²) in [5.41, 5.74) is 0.744. The van der Waals surface area contributed by atoms with Crippen molar-refractivity contribution in [3.8, 4) is 6.07 Å². The summed E-state index contributed by atoms with van der Waals surface area (Å²) < 4.78 is 0. The second kappa shape index (κ2) is 8.61. The molecule has 1 rings (SSSR count). The molecule has 0 saturated heterocycles. The summed E-state index contributed by atoms with van der Waals surface area (Å²) in [5.74, 6) is -0.433. The molecule has 0 spiro atoms. The van der Waals surface area contributed by atoms with E-state index in [0.717, 1.165) is 0 Å². The minimum absolute atomic E-state index is 0.164. The molecule has 7 heteroatoms. The van der Waals surface area contributed by atoms with E-state index >= 15 is 0 Å². The quantitative estimate of drug-likeness (QED) is 0.440. The smallest absolute Gasteiger partial charge is 0.326 e. The maximum absolute atomic E-state index is 11.9. The van der Waals surface area contributed by atoms with Crippen LogP contribution in [0.5, 0.6) is 0 Å². The van der Waals surface area contributed by atoms with E-state index in [4.69, 9.17) is 16.9 Å². The molecule has 0 fully saturated rings. The first kappa shape index (κ1) is 16.5. The van der Waals surface area contributed by atoms with Gasteiger partial charge in [0.2, 0.25) is 0 Å². The van der Waals surface area contributed by atoms with E-state index in [2.05, 4.69) is 16.0 Å². The van der Waals surface area contributed by atoms with Crippen molar-refractivity contribution in [1.82, 2.24) is 10.6 Å². The number of anilines is 1. The highest BCUT2D eigenvalue weighted by Gasteiger charge is 2.15. The fourth-order valence-corrected chi connectivity index (χ4v) is 1.57. The van der Waals surface area contributed by atoms with Gasteiger partial charge in [-0.25, -0.2) is 4.79 Å². The van der Waals surface area contributed by atoms with Crippen molar-refractivity contribution in [2.24, 2.45) is 0 Å². The van der Waals surface area contributed by atoms with Gasteiger partial charge in [-0.05, 0) is 19.1 Å². The predicted octanol–water partition coefficient (Wildman–Crippen LogP) is 1.96. The molecule has 0 aliphatic heterocycles. The third-order valence-electron chi connectivity index (χ3n) is 2.46. The van der Waals surface area contributed by atoms with Crippen LogP contribution in [0.15, 0.2) is 41.6 Å². The normalized spacial score (nSPS) is 10.9. The molecule has 0 atom stereocenters. The van der Waals surface area contributed by atoms with E-state index in [0.29, 0.717) is 23.8 Å². The Morgan fingerprint density at radius 2 is 1.95 bits per heavy atom. The summed E-state index contributed by atoms with van der Waals surface area (Å²) in [5, 5.41) is 16.4. The number of para-hydroxylation sites is 1. The molecule has 1 aromatic rings. The fraction of sp³-hybridized carbons (Fsp3) is 0.214. The van der Waals surface area contributed by atoms with Crippen LogP contribution in [0.25, 0.3) is 0 Å². The largest absolute Gasteiger partial charge is 0.386 e. The van der Waals surface area contributed by atoms with E-state index < -0.39 is 11.9 Å². The van der Waals surface area contributed by atoms with Crippen molar-refractivity contribution in [2.45, 2.75) is 6.92 Å². The molecule has 6 nitrogen and oxygen atoms in total. The number of nitriles is 1. The van der Waals surface area contributed by atoms with E-state index in [1.54, 1.807) is 43.3 Å². The van der Waals surface area contributed by atoms with Crippen LogP contribution < -0.4 is 16.0 Å². The number of halogens is 1. The lowest BCUT2D eigenvalue weighted by atomic mass is 10.2. The maximum atomic E-state index is 11.9. The molecule has 3 N–H and O–H groups in total. The van der Waals surface area contributed by atoms with Gasteiger partial charge in [-0.15, -0.1) is 11.6 Å². The van der Waals surface area contributed by atoms with Gasteiger partial charge in [-0.3, -0.25) is 10.1 Å². The van der Waals surface area contributed by atoms with Crippen molar-refractivity contribution in [3.63, 3.8) is 0 Å². The Morgan fingerprint density at radius 1 is 1.29 bits per heavy atom. The summed E-state index contributed by atoms with van der Waals surface area (Å²) >= 11 is 5.51. The third-order valence-corrected chi connectivity index (χ3v) is 2.65. The monoisotopic (exact) mass is 306 g/mol. The molecule has 0 saturated carbocycles. The molecule has 21 heavy (non-hydrogen) atoms. The molecule has 0 aliphatic rings. The highest BCUT2D eigenvalue weighted by atomic mass is 35.5. The number of rotatable bonds is 5. The summed E-state index contributed by atoms with van der Waals surface area (Å²) in [6.45, 7) is 1.99. The minimum atomic E-state index is -0.773. The second-order valence-electron chi connectivity index (χ2n) is 4.00. The summed E-state index contributed by atoms with van der Waals surface area (Å²) in [7, 11) is 0. The van der Waals surface area contributed by atoms with Gasteiger partial charge >= 0.3 is 6.03 Å². The van der Waals surface area contributed by atoms with Crippen LogP contribution in [-0.4, -0.2) is 24.4 Å². The lowest BCUT2D eigenvalue weighted by Gasteiger charge is -2.09. The van der Waals surface area contributed by atoms with Crippen LogP contribution in [-0.2, 0) is 4.79 Å². The van der Waals surface area contributed by atoms with Gasteiger partial charge in [-0.1, -0.05) is 18.2 Å². The zero-order chi connectivity index (χ0) is 15.7. The zero-order valence-corrected chi connectivity index (χ0v) is 12.2. The van der Waals surface area contributed by atoms with Gasteiger partial charge in [0, 0.05) is 23.8 Å². The molecular weight excluding hydrogens is 292 g/mol. The number of nitrogens with zero attached hydrogens (tertiary/aromatic N) is 1. The number of alkyl halides is 1. The minimum Gasteiger partial charge on any atom is -0.386 e. The number of imide groups is 1. The number of amides is 3. The van der Waals surface area contributed by atoms with Crippen LogP contribution in [0.3, 0.4) is 0 Å². The van der Waals surface area contributed by atoms with Crippen LogP contribution in [0.4, 0.5) is 10.5 Å². The first-order valence-corrected chi connectivity index (χ1v) is 6.70. The maximum Gasteiger partial charge on any atom is 0.326 e. The van der Waals surface area contributed by atoms with Gasteiger partial charge in [0.25, 0.3) is 5.91 Å². The molecule has 0 radical (unpaired) electrons. The Balaban J connectivity index is 2.66. The Labute approximate surface area is 127 Å². The topological polar surface area (TPSA) is 94.0 Å². The van der Waals surface area contributed by atoms with Crippen molar-refractivity contribution < 1.29 is 9.59 Å². The number of allylic oxidation sites excluding steroid dienone is 1. The van der Waals surface area contributed by atoms with Gasteiger partial charge < -0.3 is 10.6 Å². The highest BCUT2D eigenvalue weighted by molar-refractivity contribution is 6.18. The fourth-order valence-electron chi connectivity index (χ4n) is 1.48. The molecule has 0 aromatic heterocycles. The Bertz CT molecular complexity index is 578. The molecule has 0 heterocycles. The highest BCUT2D eigenvalue weighted by Crippen LogP contribution is 2.05. The SMILES string of the molecule is CC(NCCCl)=C(C#N)C(=O)NC(=O)Nc1ccccc1. The van der Waals surface area contributed by atoms with Crippen LogP contribution >= 0.6 is 11.6 Å². The molecule has 1 aromatic carbocycles. The average Bonchev–Trinajstić information content (AvgIpc) is 2.46. The van der Waals surface area contributed by atoms with Gasteiger partial charge in [0.1, 0.15) is 11.6 Å². The van der Waals surface area contributed by atoms with Gasteiger partial charge in [0.15, 0.2) is 0 Å². The average molecular weight is 307 g/mol. The van der Waals surface area contributed by atoms with Crippen LogP contribution in [0.1, 0.15) is 6.92 Å². The number of hydrogen-bond acceptors (Lipinski definition) is 4. The van der Waals surface area contributed by atoms with Gasteiger partial charge in [0.05, 0.1) is 0 Å². The lowest BCUT2D eigenvalue weighted by molar-refractivity contribution is -0.116. The second-order valence-corrected chi connectivity index (χ2v) is 4.38. The number of carbonyl (C=O) groups excluding carboxylic acids is 2. The Kier molecular flexibility index (Phi) is 6.78. The molecule has 3 amide bonds. The number of carbonyl (C=O) groups is 2. The molecule has 0 bridgehead atoms. The van der Waals surface area contributed by atoms with E-state index in [9.17, 15) is 9.59 Å². The van der Waals surface area contributed by atoms with E-state index in [1.165, 1.54) is 0 Å². The van der Waals surface area contributed by atoms with E-state index in [-0.39, 0.29) is 5.57 Å². The van der Waals surface area contributed by atoms with Crippen molar-refractivity contribution in [1.29, 1.82) is 5.26 Å². The predicted molar refractivity (Wildman–Crippen MR) is 80.6 cm³/mol. The zero-order valence-electron chi connectivity index (χ0n) is 11.4. The first-order valence-electron chi connectivity index (χ1n) is 6.16.